The second-order valence-corrected chi connectivity index (χ2v) is 4.65. The van der Waals surface area contributed by atoms with Crippen molar-refractivity contribution >= 4 is 17.6 Å². The van der Waals surface area contributed by atoms with E-state index in [-0.39, 0.29) is 24.0 Å². The quantitative estimate of drug-likeness (QED) is 0.667. The number of carbonyl (C=O) groups excluding carboxylic acids is 3. The number of rotatable bonds is 7. The maximum atomic E-state index is 11.9. The molecule has 1 atom stereocenters. The van der Waals surface area contributed by atoms with Crippen molar-refractivity contribution in [3.63, 3.8) is 0 Å². The van der Waals surface area contributed by atoms with E-state index in [0.717, 1.165) is 0 Å². The molecule has 0 aliphatic rings. The van der Waals surface area contributed by atoms with E-state index in [2.05, 4.69) is 5.32 Å². The highest BCUT2D eigenvalue weighted by atomic mass is 16.2. The average Bonchev–Trinajstić information content (AvgIpc) is 2.23. The Morgan fingerprint density at radius 3 is 2.06 bits per heavy atom. The molecule has 1 N–H and O–H groups in total. The predicted molar refractivity (Wildman–Crippen MR) is 69.1 cm³/mol. The van der Waals surface area contributed by atoms with E-state index in [1.165, 1.54) is 25.8 Å². The summed E-state index contributed by atoms with van der Waals surface area (Å²) in [5.74, 6) is -0.635. The van der Waals surface area contributed by atoms with Crippen LogP contribution in [-0.2, 0) is 14.4 Å². The number of likely N-dealkylation sites (N-methyl/N-ethyl adjacent to an activating group) is 2. The second-order valence-electron chi connectivity index (χ2n) is 4.65. The third kappa shape index (κ3) is 6.34. The Kier molecular flexibility index (Phi) is 7.19. The molecule has 0 aromatic carbocycles. The third-order valence-corrected chi connectivity index (χ3v) is 2.61. The lowest BCUT2D eigenvalue weighted by molar-refractivity contribution is -0.139. The Hall–Kier alpha value is -1.43. The highest BCUT2D eigenvalue weighted by molar-refractivity contribution is 5.91. The number of nitrogens with zero attached hydrogens (tertiary/aromatic N) is 2. The Morgan fingerprint density at radius 1 is 1.11 bits per heavy atom. The first-order valence-electron chi connectivity index (χ1n) is 5.91. The smallest absolute Gasteiger partial charge is 0.243 e. The van der Waals surface area contributed by atoms with Gasteiger partial charge in [0.15, 0.2) is 0 Å². The summed E-state index contributed by atoms with van der Waals surface area (Å²) < 4.78 is 0. The number of amides is 2. The lowest BCUT2D eigenvalue weighted by atomic mass is 10.1. The number of carbonyl (C=O) groups is 3. The Labute approximate surface area is 108 Å². The van der Waals surface area contributed by atoms with E-state index in [1.54, 1.807) is 0 Å². The highest BCUT2D eigenvalue weighted by Gasteiger charge is 2.26. The van der Waals surface area contributed by atoms with Gasteiger partial charge in [0.05, 0.1) is 0 Å². The van der Waals surface area contributed by atoms with Gasteiger partial charge in [0.2, 0.25) is 11.8 Å². The SMILES string of the molecule is CC(=O)CC(C(=O)NCCN(C)C)N(C)C(C)=O. The normalized spacial score (nSPS) is 12.1. The van der Waals surface area contributed by atoms with E-state index in [1.807, 2.05) is 19.0 Å². The molecule has 0 aromatic heterocycles. The van der Waals surface area contributed by atoms with Crippen LogP contribution in [0.5, 0.6) is 0 Å². The Balaban J connectivity index is 4.50. The van der Waals surface area contributed by atoms with Gasteiger partial charge in [-0.05, 0) is 21.0 Å². The number of Topliss-reactive ketones (excluding diaryl/α,β-unsaturated/α-hetero) is 1. The minimum Gasteiger partial charge on any atom is -0.353 e. The van der Waals surface area contributed by atoms with Crippen molar-refractivity contribution in [2.24, 2.45) is 0 Å². The molecule has 6 nitrogen and oxygen atoms in total. The maximum absolute atomic E-state index is 11.9. The van der Waals surface area contributed by atoms with Gasteiger partial charge in [-0.3, -0.25) is 14.4 Å². The Morgan fingerprint density at radius 2 is 1.67 bits per heavy atom. The number of hydrogen-bond donors (Lipinski definition) is 1. The first kappa shape index (κ1) is 16.6. The van der Waals surface area contributed by atoms with Crippen LogP contribution in [-0.4, -0.2) is 67.7 Å². The summed E-state index contributed by atoms with van der Waals surface area (Å²) >= 11 is 0. The van der Waals surface area contributed by atoms with Crippen LogP contribution in [0.15, 0.2) is 0 Å². The van der Waals surface area contributed by atoms with Gasteiger partial charge in [0.25, 0.3) is 0 Å². The molecule has 0 radical (unpaired) electrons. The molecule has 0 spiro atoms. The van der Waals surface area contributed by atoms with Crippen molar-refractivity contribution in [1.82, 2.24) is 15.1 Å². The van der Waals surface area contributed by atoms with Gasteiger partial charge in [-0.15, -0.1) is 0 Å². The largest absolute Gasteiger partial charge is 0.353 e. The molecule has 0 aliphatic heterocycles. The molecular weight excluding hydrogens is 234 g/mol. The minimum absolute atomic E-state index is 0.0455. The van der Waals surface area contributed by atoms with Crippen molar-refractivity contribution in [2.75, 3.05) is 34.2 Å². The van der Waals surface area contributed by atoms with Gasteiger partial charge in [-0.2, -0.15) is 0 Å². The van der Waals surface area contributed by atoms with E-state index in [4.69, 9.17) is 0 Å². The van der Waals surface area contributed by atoms with E-state index >= 15 is 0 Å². The van der Waals surface area contributed by atoms with Gasteiger partial charge >= 0.3 is 0 Å². The number of hydrogen-bond acceptors (Lipinski definition) is 4. The zero-order chi connectivity index (χ0) is 14.3. The zero-order valence-corrected chi connectivity index (χ0v) is 11.8. The lowest BCUT2D eigenvalue weighted by Crippen LogP contribution is -2.49. The predicted octanol–water partition coefficient (Wildman–Crippen LogP) is -0.510. The molecule has 0 saturated heterocycles. The Bertz CT molecular complexity index is 316. The monoisotopic (exact) mass is 257 g/mol. The molecule has 18 heavy (non-hydrogen) atoms. The maximum Gasteiger partial charge on any atom is 0.243 e. The van der Waals surface area contributed by atoms with Crippen LogP contribution in [0.4, 0.5) is 0 Å². The van der Waals surface area contributed by atoms with Crippen LogP contribution in [0, 0.1) is 0 Å². The molecule has 1 unspecified atom stereocenters. The minimum atomic E-state index is -0.720. The van der Waals surface area contributed by atoms with Crippen molar-refractivity contribution in [2.45, 2.75) is 26.3 Å². The summed E-state index contributed by atoms with van der Waals surface area (Å²) in [6.07, 6.45) is 0.0455. The molecule has 0 fully saturated rings. The molecule has 0 aliphatic carbocycles. The van der Waals surface area contributed by atoms with Crippen LogP contribution in [0.1, 0.15) is 20.3 Å². The van der Waals surface area contributed by atoms with Crippen LogP contribution in [0.25, 0.3) is 0 Å². The summed E-state index contributed by atoms with van der Waals surface area (Å²) in [7, 11) is 5.34. The fourth-order valence-electron chi connectivity index (χ4n) is 1.42. The van der Waals surface area contributed by atoms with Gasteiger partial charge in [-0.1, -0.05) is 0 Å². The molecule has 0 rings (SSSR count). The highest BCUT2D eigenvalue weighted by Crippen LogP contribution is 2.04. The molecule has 0 saturated carbocycles. The van der Waals surface area contributed by atoms with Crippen LogP contribution < -0.4 is 5.32 Å². The number of nitrogens with one attached hydrogen (secondary N) is 1. The third-order valence-electron chi connectivity index (χ3n) is 2.61. The van der Waals surface area contributed by atoms with E-state index < -0.39 is 6.04 Å². The van der Waals surface area contributed by atoms with Crippen molar-refractivity contribution in [1.29, 1.82) is 0 Å². The molecule has 0 heterocycles. The van der Waals surface area contributed by atoms with Gasteiger partial charge in [-0.25, -0.2) is 0 Å². The van der Waals surface area contributed by atoms with Crippen molar-refractivity contribution in [3.05, 3.63) is 0 Å². The summed E-state index contributed by atoms with van der Waals surface area (Å²) in [6, 6.07) is -0.720. The van der Waals surface area contributed by atoms with E-state index in [0.29, 0.717) is 13.1 Å². The summed E-state index contributed by atoms with van der Waals surface area (Å²) in [5, 5.41) is 2.73. The van der Waals surface area contributed by atoms with Gasteiger partial charge < -0.3 is 15.1 Å². The first-order chi connectivity index (χ1) is 8.25. The van der Waals surface area contributed by atoms with Gasteiger partial charge in [0.1, 0.15) is 11.8 Å². The number of ketones is 1. The van der Waals surface area contributed by atoms with E-state index in [9.17, 15) is 14.4 Å². The van der Waals surface area contributed by atoms with Crippen molar-refractivity contribution < 1.29 is 14.4 Å². The van der Waals surface area contributed by atoms with Crippen LogP contribution in [0.3, 0.4) is 0 Å². The van der Waals surface area contributed by atoms with Crippen LogP contribution in [0.2, 0.25) is 0 Å². The van der Waals surface area contributed by atoms with Crippen molar-refractivity contribution in [3.8, 4) is 0 Å². The topological polar surface area (TPSA) is 69.7 Å². The first-order valence-corrected chi connectivity index (χ1v) is 5.91. The molecule has 0 aromatic rings. The molecule has 6 heteroatoms. The summed E-state index contributed by atoms with van der Waals surface area (Å²) in [5.41, 5.74) is 0. The fraction of sp³-hybridized carbons (Fsp3) is 0.750. The second kappa shape index (κ2) is 7.81. The average molecular weight is 257 g/mol. The fourth-order valence-corrected chi connectivity index (χ4v) is 1.42. The molecule has 0 bridgehead atoms. The molecule has 2 amide bonds. The summed E-state index contributed by atoms with van der Waals surface area (Å²) in [4.78, 5) is 37.6. The lowest BCUT2D eigenvalue weighted by Gasteiger charge is -2.25. The standard InChI is InChI=1S/C12H23N3O3/c1-9(16)8-11(15(5)10(2)17)12(18)13-6-7-14(3)4/h11H,6-8H2,1-5H3,(H,13,18). The van der Waals surface area contributed by atoms with Crippen LogP contribution >= 0.6 is 0 Å². The molecule has 104 valence electrons. The molecular formula is C12H23N3O3. The summed E-state index contributed by atoms with van der Waals surface area (Å²) in [6.45, 7) is 3.99. The van der Waals surface area contributed by atoms with Gasteiger partial charge in [0, 0.05) is 33.5 Å². The zero-order valence-electron chi connectivity index (χ0n) is 11.8.